The third-order valence-electron chi connectivity index (χ3n) is 5.01. The smallest absolute Gasteiger partial charge is 0.185 e. The van der Waals surface area contributed by atoms with Crippen LogP contribution in [0, 0.1) is 0 Å². The van der Waals surface area contributed by atoms with Crippen LogP contribution in [-0.2, 0) is 9.47 Å². The largest absolute Gasteiger partial charge is 0.393 e. The first kappa shape index (κ1) is 25.8. The second-order valence-electron chi connectivity index (χ2n) is 7.71. The summed E-state index contributed by atoms with van der Waals surface area (Å²) in [5.74, 6) is 0. The molecule has 158 valence electrons. The number of ether oxygens (including phenoxy) is 2. The lowest BCUT2D eigenvalue weighted by Crippen LogP contribution is -2.44. The Morgan fingerprint density at radius 2 is 1.35 bits per heavy atom. The Bertz CT molecular complexity index is 296. The fraction of sp³-hybridized carbons (Fsp3) is 1.00. The number of aliphatic hydroxyl groups excluding tert-OH is 2. The molecule has 26 heavy (non-hydrogen) atoms. The molecule has 0 aliphatic rings. The first-order chi connectivity index (χ1) is 12.5. The van der Waals surface area contributed by atoms with Gasteiger partial charge in [0, 0.05) is 13.7 Å². The topological polar surface area (TPSA) is 79.2 Å². The van der Waals surface area contributed by atoms with Crippen LogP contribution >= 0.6 is 0 Å². The summed E-state index contributed by atoms with van der Waals surface area (Å²) in [4.78, 5) is 0. The number of hydrogen-bond donors (Lipinski definition) is 3. The Morgan fingerprint density at radius 1 is 0.846 bits per heavy atom. The van der Waals surface area contributed by atoms with E-state index in [-0.39, 0.29) is 0 Å². The van der Waals surface area contributed by atoms with E-state index in [0.717, 1.165) is 25.7 Å². The minimum absolute atomic E-state index is 0.399. The van der Waals surface area contributed by atoms with Crippen LogP contribution in [0.5, 0.6) is 0 Å². The molecule has 5 nitrogen and oxygen atoms in total. The SMILES string of the molecule is CCCCCCCCC(CCCCCCCOC(O)C(C)(O)CO)OC. The molecule has 0 aromatic carbocycles. The normalized spacial score (nSPS) is 16.4. The highest BCUT2D eigenvalue weighted by Crippen LogP contribution is 2.16. The van der Waals surface area contributed by atoms with Crippen LogP contribution in [0.1, 0.15) is 97.3 Å². The number of aliphatic hydroxyl groups is 3. The molecular formula is C21H44O5. The minimum atomic E-state index is -1.59. The zero-order valence-electron chi connectivity index (χ0n) is 17.4. The standard InChI is InChI=1S/C21H44O5/c1-4-5-6-7-9-12-15-19(25-3)16-13-10-8-11-14-17-26-20(23)21(2,24)18-22/h19-20,22-24H,4-18H2,1-3H3. The van der Waals surface area contributed by atoms with Gasteiger partial charge in [-0.25, -0.2) is 0 Å². The third kappa shape index (κ3) is 13.9. The highest BCUT2D eigenvalue weighted by Gasteiger charge is 2.30. The van der Waals surface area contributed by atoms with Crippen molar-refractivity contribution in [2.24, 2.45) is 0 Å². The number of rotatable bonds is 19. The molecule has 0 amide bonds. The predicted molar refractivity (Wildman–Crippen MR) is 106 cm³/mol. The first-order valence-electron chi connectivity index (χ1n) is 10.6. The second-order valence-corrected chi connectivity index (χ2v) is 7.71. The van der Waals surface area contributed by atoms with Crippen LogP contribution in [0.4, 0.5) is 0 Å². The van der Waals surface area contributed by atoms with E-state index in [1.165, 1.54) is 64.7 Å². The van der Waals surface area contributed by atoms with Gasteiger partial charge in [-0.2, -0.15) is 0 Å². The summed E-state index contributed by atoms with van der Waals surface area (Å²) in [5.41, 5.74) is -1.59. The first-order valence-corrected chi connectivity index (χ1v) is 10.6. The van der Waals surface area contributed by atoms with Gasteiger partial charge in [-0.15, -0.1) is 0 Å². The van der Waals surface area contributed by atoms with Crippen LogP contribution in [0.25, 0.3) is 0 Å². The summed E-state index contributed by atoms with van der Waals surface area (Å²) in [5, 5.41) is 28.1. The van der Waals surface area contributed by atoms with Crippen LogP contribution < -0.4 is 0 Å². The Morgan fingerprint density at radius 3 is 1.85 bits per heavy atom. The van der Waals surface area contributed by atoms with Gasteiger partial charge in [0.2, 0.25) is 0 Å². The fourth-order valence-electron chi connectivity index (χ4n) is 2.99. The molecule has 3 N–H and O–H groups in total. The van der Waals surface area contributed by atoms with Crippen molar-refractivity contribution in [2.45, 2.75) is 115 Å². The zero-order chi connectivity index (χ0) is 19.7. The molecule has 0 bridgehead atoms. The highest BCUT2D eigenvalue weighted by atomic mass is 16.6. The van der Waals surface area contributed by atoms with Crippen molar-refractivity contribution in [2.75, 3.05) is 20.3 Å². The lowest BCUT2D eigenvalue weighted by atomic mass is 10.0. The Hall–Kier alpha value is -0.200. The molecule has 0 aromatic rings. The molecule has 0 aromatic heterocycles. The fourth-order valence-corrected chi connectivity index (χ4v) is 2.99. The quantitative estimate of drug-likeness (QED) is 0.233. The summed E-state index contributed by atoms with van der Waals surface area (Å²) in [7, 11) is 1.83. The molecule has 5 heteroatoms. The average Bonchev–Trinajstić information content (AvgIpc) is 2.64. The molecule has 0 spiro atoms. The lowest BCUT2D eigenvalue weighted by Gasteiger charge is -2.26. The molecule has 0 aliphatic carbocycles. The van der Waals surface area contributed by atoms with Crippen molar-refractivity contribution < 1.29 is 24.8 Å². The van der Waals surface area contributed by atoms with Crippen LogP contribution in [0.2, 0.25) is 0 Å². The molecule has 0 heterocycles. The van der Waals surface area contributed by atoms with Crippen molar-refractivity contribution in [3.8, 4) is 0 Å². The monoisotopic (exact) mass is 376 g/mol. The van der Waals surface area contributed by atoms with Gasteiger partial charge < -0.3 is 24.8 Å². The number of methoxy groups -OCH3 is 1. The summed E-state index contributed by atoms with van der Waals surface area (Å²) in [6.07, 6.45) is 14.8. The van der Waals surface area contributed by atoms with Gasteiger partial charge in [0.1, 0.15) is 5.60 Å². The Kier molecular flexibility index (Phi) is 16.8. The van der Waals surface area contributed by atoms with Crippen LogP contribution in [-0.4, -0.2) is 53.6 Å². The van der Waals surface area contributed by atoms with E-state index in [0.29, 0.717) is 12.7 Å². The molecule has 3 atom stereocenters. The molecule has 0 fully saturated rings. The number of unbranched alkanes of at least 4 members (excludes halogenated alkanes) is 9. The summed E-state index contributed by atoms with van der Waals surface area (Å²) in [6, 6.07) is 0. The van der Waals surface area contributed by atoms with E-state index in [2.05, 4.69) is 6.92 Å². The van der Waals surface area contributed by atoms with Gasteiger partial charge >= 0.3 is 0 Å². The van der Waals surface area contributed by atoms with Gasteiger partial charge in [0.15, 0.2) is 6.29 Å². The molecule has 0 rings (SSSR count). The van der Waals surface area contributed by atoms with Crippen molar-refractivity contribution in [3.63, 3.8) is 0 Å². The van der Waals surface area contributed by atoms with Crippen LogP contribution in [0.15, 0.2) is 0 Å². The highest BCUT2D eigenvalue weighted by molar-refractivity contribution is 4.74. The van der Waals surface area contributed by atoms with Gasteiger partial charge in [0.05, 0.1) is 12.7 Å². The maximum atomic E-state index is 9.62. The Labute approximate surface area is 161 Å². The van der Waals surface area contributed by atoms with Gasteiger partial charge in [-0.1, -0.05) is 71.1 Å². The van der Waals surface area contributed by atoms with Crippen molar-refractivity contribution in [1.29, 1.82) is 0 Å². The zero-order valence-corrected chi connectivity index (χ0v) is 17.4. The number of hydrogen-bond acceptors (Lipinski definition) is 5. The van der Waals surface area contributed by atoms with E-state index < -0.39 is 18.5 Å². The molecular weight excluding hydrogens is 332 g/mol. The van der Waals surface area contributed by atoms with E-state index in [1.54, 1.807) is 0 Å². The van der Waals surface area contributed by atoms with Gasteiger partial charge in [0.25, 0.3) is 0 Å². The van der Waals surface area contributed by atoms with Gasteiger partial charge in [-0.3, -0.25) is 0 Å². The third-order valence-corrected chi connectivity index (χ3v) is 5.01. The predicted octanol–water partition coefficient (Wildman–Crippen LogP) is 4.17. The Balaban J connectivity index is 3.49. The minimum Gasteiger partial charge on any atom is -0.393 e. The van der Waals surface area contributed by atoms with E-state index in [9.17, 15) is 10.2 Å². The molecule has 0 saturated heterocycles. The van der Waals surface area contributed by atoms with E-state index in [4.69, 9.17) is 14.6 Å². The van der Waals surface area contributed by atoms with E-state index >= 15 is 0 Å². The van der Waals surface area contributed by atoms with Crippen molar-refractivity contribution in [3.05, 3.63) is 0 Å². The summed E-state index contributed by atoms with van der Waals surface area (Å²) < 4.78 is 10.8. The summed E-state index contributed by atoms with van der Waals surface area (Å²) >= 11 is 0. The molecule has 3 unspecified atom stereocenters. The second kappa shape index (κ2) is 16.9. The maximum absolute atomic E-state index is 9.62. The van der Waals surface area contributed by atoms with Crippen LogP contribution in [0.3, 0.4) is 0 Å². The van der Waals surface area contributed by atoms with Gasteiger partial charge in [-0.05, 0) is 26.2 Å². The lowest BCUT2D eigenvalue weighted by molar-refractivity contribution is -0.217. The van der Waals surface area contributed by atoms with E-state index in [1.807, 2.05) is 7.11 Å². The van der Waals surface area contributed by atoms with Crippen molar-refractivity contribution in [1.82, 2.24) is 0 Å². The average molecular weight is 377 g/mol. The molecule has 0 aliphatic heterocycles. The maximum Gasteiger partial charge on any atom is 0.185 e. The van der Waals surface area contributed by atoms with Crippen molar-refractivity contribution >= 4 is 0 Å². The summed E-state index contributed by atoms with van der Waals surface area (Å²) in [6.45, 7) is 3.48. The molecule has 0 radical (unpaired) electrons. The molecule has 0 saturated carbocycles.